The van der Waals surface area contributed by atoms with Crippen LogP contribution in [0.3, 0.4) is 0 Å². The topological polar surface area (TPSA) is 74.5 Å². The minimum absolute atomic E-state index is 0.0707. The molecule has 0 spiro atoms. The second kappa shape index (κ2) is 4.44. The monoisotopic (exact) mass is 252 g/mol. The van der Waals surface area contributed by atoms with Crippen LogP contribution in [0.25, 0.3) is 0 Å². The van der Waals surface area contributed by atoms with E-state index in [9.17, 15) is 23.3 Å². The molecule has 0 aliphatic rings. The smallest absolute Gasteiger partial charge is 0.486 e. The highest BCUT2D eigenvalue weighted by Crippen LogP contribution is 2.39. The van der Waals surface area contributed by atoms with Gasteiger partial charge < -0.3 is 9.47 Å². The van der Waals surface area contributed by atoms with Crippen LogP contribution in [0.15, 0.2) is 6.20 Å². The van der Waals surface area contributed by atoms with Crippen molar-refractivity contribution in [1.29, 1.82) is 0 Å². The highest BCUT2D eigenvalue weighted by molar-refractivity contribution is 5.56. The number of nitro groups is 1. The molecule has 0 aliphatic heterocycles. The molecule has 94 valence electrons. The first-order valence-electron chi connectivity index (χ1n) is 4.20. The van der Waals surface area contributed by atoms with Gasteiger partial charge in [-0.3, -0.25) is 10.1 Å². The van der Waals surface area contributed by atoms with Crippen LogP contribution in [-0.4, -0.2) is 23.4 Å². The van der Waals surface area contributed by atoms with Gasteiger partial charge in [-0.2, -0.15) is 0 Å². The van der Waals surface area contributed by atoms with Crippen LogP contribution in [0.1, 0.15) is 5.56 Å². The molecule has 0 amide bonds. The molecule has 0 saturated carbocycles. The molecule has 0 aliphatic carbocycles. The van der Waals surface area contributed by atoms with E-state index in [1.807, 2.05) is 0 Å². The molecule has 1 aromatic rings. The van der Waals surface area contributed by atoms with E-state index in [2.05, 4.69) is 14.5 Å². The van der Waals surface area contributed by atoms with Crippen LogP contribution < -0.4 is 9.47 Å². The van der Waals surface area contributed by atoms with Gasteiger partial charge in [-0.1, -0.05) is 0 Å². The Morgan fingerprint density at radius 1 is 1.47 bits per heavy atom. The normalized spacial score (nSPS) is 11.1. The molecule has 0 fully saturated rings. The zero-order valence-electron chi connectivity index (χ0n) is 8.74. The lowest BCUT2D eigenvalue weighted by atomic mass is 10.2. The number of methoxy groups -OCH3 is 1. The summed E-state index contributed by atoms with van der Waals surface area (Å²) in [6.07, 6.45) is -4.09. The number of hydrogen-bond acceptors (Lipinski definition) is 5. The maximum atomic E-state index is 12.0. The largest absolute Gasteiger partial charge is 0.574 e. The summed E-state index contributed by atoms with van der Waals surface area (Å²) in [6, 6.07) is 0. The third-order valence-corrected chi connectivity index (χ3v) is 1.76. The number of pyridine rings is 1. The first-order valence-corrected chi connectivity index (χ1v) is 4.20. The Morgan fingerprint density at radius 3 is 2.47 bits per heavy atom. The molecule has 0 N–H and O–H groups in total. The lowest BCUT2D eigenvalue weighted by Gasteiger charge is -2.11. The molecular formula is C8H7F3N2O4. The summed E-state index contributed by atoms with van der Waals surface area (Å²) in [5.41, 5.74) is -0.539. The number of rotatable bonds is 3. The minimum atomic E-state index is -5.00. The van der Waals surface area contributed by atoms with E-state index in [1.165, 1.54) is 6.92 Å². The number of hydrogen-bond donors (Lipinski definition) is 0. The van der Waals surface area contributed by atoms with E-state index in [4.69, 9.17) is 0 Å². The number of ether oxygens (including phenoxy) is 2. The maximum Gasteiger partial charge on any atom is 0.574 e. The molecule has 0 unspecified atom stereocenters. The quantitative estimate of drug-likeness (QED) is 0.609. The van der Waals surface area contributed by atoms with Crippen LogP contribution in [0, 0.1) is 17.0 Å². The Morgan fingerprint density at radius 2 is 2.06 bits per heavy atom. The minimum Gasteiger partial charge on any atom is -0.486 e. The van der Waals surface area contributed by atoms with Crippen molar-refractivity contribution >= 4 is 5.69 Å². The molecule has 0 bridgehead atoms. The number of alkyl halides is 3. The fourth-order valence-electron chi connectivity index (χ4n) is 1.15. The molecule has 1 aromatic heterocycles. The first kappa shape index (κ1) is 13.0. The van der Waals surface area contributed by atoms with Crippen LogP contribution in [0.2, 0.25) is 0 Å². The first-order chi connectivity index (χ1) is 7.76. The predicted molar refractivity (Wildman–Crippen MR) is 48.9 cm³/mol. The van der Waals surface area contributed by atoms with E-state index < -0.39 is 28.6 Å². The maximum absolute atomic E-state index is 12.0. The van der Waals surface area contributed by atoms with Gasteiger partial charge in [-0.05, 0) is 6.92 Å². The average Bonchev–Trinajstić information content (AvgIpc) is 2.17. The van der Waals surface area contributed by atoms with E-state index in [-0.39, 0.29) is 5.56 Å². The molecular weight excluding hydrogens is 245 g/mol. The fraction of sp³-hybridized carbons (Fsp3) is 0.375. The summed E-state index contributed by atoms with van der Waals surface area (Å²) in [5.74, 6) is -1.65. The number of halogens is 3. The average molecular weight is 252 g/mol. The molecule has 0 radical (unpaired) electrons. The summed E-state index contributed by atoms with van der Waals surface area (Å²) in [7, 11) is 0.993. The zero-order chi connectivity index (χ0) is 13.2. The zero-order valence-corrected chi connectivity index (χ0v) is 8.74. The number of nitrogens with zero attached hydrogens (tertiary/aromatic N) is 2. The van der Waals surface area contributed by atoms with E-state index in [0.29, 0.717) is 0 Å². The van der Waals surface area contributed by atoms with E-state index in [1.54, 1.807) is 0 Å². The Balaban J connectivity index is 3.33. The van der Waals surface area contributed by atoms with Gasteiger partial charge in [0.25, 0.3) is 11.6 Å². The van der Waals surface area contributed by atoms with Gasteiger partial charge in [0, 0.05) is 11.8 Å². The SMILES string of the molecule is COc1c(OC(F)(F)F)ncc(C)c1[N+](=O)[O-]. The third-order valence-electron chi connectivity index (χ3n) is 1.76. The van der Waals surface area contributed by atoms with Crippen molar-refractivity contribution in [3.8, 4) is 11.6 Å². The molecule has 0 saturated heterocycles. The van der Waals surface area contributed by atoms with Crippen molar-refractivity contribution in [3.05, 3.63) is 21.9 Å². The second-order valence-corrected chi connectivity index (χ2v) is 2.93. The van der Waals surface area contributed by atoms with Gasteiger partial charge >= 0.3 is 12.0 Å². The van der Waals surface area contributed by atoms with Crippen molar-refractivity contribution in [3.63, 3.8) is 0 Å². The highest BCUT2D eigenvalue weighted by Gasteiger charge is 2.36. The van der Waals surface area contributed by atoms with Gasteiger partial charge in [0.05, 0.1) is 12.0 Å². The van der Waals surface area contributed by atoms with E-state index in [0.717, 1.165) is 13.3 Å². The molecule has 0 aromatic carbocycles. The molecule has 9 heteroatoms. The molecule has 1 heterocycles. The number of aryl methyl sites for hydroxylation is 1. The van der Waals surface area contributed by atoms with Crippen molar-refractivity contribution in [1.82, 2.24) is 4.98 Å². The van der Waals surface area contributed by atoms with Crippen molar-refractivity contribution in [2.75, 3.05) is 7.11 Å². The Kier molecular flexibility index (Phi) is 3.39. The van der Waals surface area contributed by atoms with Crippen LogP contribution >= 0.6 is 0 Å². The number of aromatic nitrogens is 1. The van der Waals surface area contributed by atoms with Crippen molar-refractivity contribution < 1.29 is 27.6 Å². The molecule has 17 heavy (non-hydrogen) atoms. The summed E-state index contributed by atoms with van der Waals surface area (Å²) in [6.45, 7) is 1.32. The van der Waals surface area contributed by atoms with Crippen molar-refractivity contribution in [2.45, 2.75) is 13.3 Å². The van der Waals surface area contributed by atoms with Gasteiger partial charge in [0.1, 0.15) is 0 Å². The fourth-order valence-corrected chi connectivity index (χ4v) is 1.15. The Hall–Kier alpha value is -2.06. The summed E-state index contributed by atoms with van der Waals surface area (Å²) in [5, 5.41) is 10.7. The Bertz CT molecular complexity index is 447. The standard InChI is InChI=1S/C8H7F3N2O4/c1-4-3-12-7(17-8(9,10)11)6(16-2)5(4)13(14)15/h3H,1-2H3. The lowest BCUT2D eigenvalue weighted by molar-refractivity contribution is -0.386. The van der Waals surface area contributed by atoms with Gasteiger partial charge in [-0.25, -0.2) is 4.98 Å². The summed E-state index contributed by atoms with van der Waals surface area (Å²) >= 11 is 0. The molecule has 1 rings (SSSR count). The molecule has 0 atom stereocenters. The lowest BCUT2D eigenvalue weighted by Crippen LogP contribution is -2.19. The summed E-state index contributed by atoms with van der Waals surface area (Å²) < 4.78 is 44.1. The van der Waals surface area contributed by atoms with Gasteiger partial charge in [0.2, 0.25) is 0 Å². The van der Waals surface area contributed by atoms with Gasteiger partial charge in [0.15, 0.2) is 0 Å². The Labute approximate surface area is 93.1 Å². The van der Waals surface area contributed by atoms with Crippen LogP contribution in [0.5, 0.6) is 11.6 Å². The van der Waals surface area contributed by atoms with Crippen LogP contribution in [-0.2, 0) is 0 Å². The molecule has 6 nitrogen and oxygen atoms in total. The highest BCUT2D eigenvalue weighted by atomic mass is 19.4. The third kappa shape index (κ3) is 2.95. The summed E-state index contributed by atoms with van der Waals surface area (Å²) in [4.78, 5) is 13.1. The predicted octanol–water partition coefficient (Wildman–Crippen LogP) is 2.21. The van der Waals surface area contributed by atoms with Gasteiger partial charge in [-0.15, -0.1) is 13.2 Å². The van der Waals surface area contributed by atoms with Crippen molar-refractivity contribution in [2.24, 2.45) is 0 Å². The second-order valence-electron chi connectivity index (χ2n) is 2.93. The van der Waals surface area contributed by atoms with E-state index >= 15 is 0 Å². The van der Waals surface area contributed by atoms with Crippen LogP contribution in [0.4, 0.5) is 18.9 Å².